The summed E-state index contributed by atoms with van der Waals surface area (Å²) in [5.41, 5.74) is 4.14. The standard InChI is InChI=1S/C28H32O3S/c1-27-17-24(18-4-8-21(32-2)9-5-18)26-22-11-7-20(30)16-19(22)6-10-23(26)25(27)12-14-28(27,31)13-3-15-29/h4-5,8-9,16,23-25,29,31H,6-7,10-12,14-15,17H2,1-2H3/t23-,24+,25-,27-,28-/m0/s1. The van der Waals surface area contributed by atoms with Gasteiger partial charge in [0.2, 0.25) is 0 Å². The molecule has 0 amide bonds. The van der Waals surface area contributed by atoms with Crippen molar-refractivity contribution >= 4 is 17.5 Å². The first-order chi connectivity index (χ1) is 15.4. The van der Waals surface area contributed by atoms with Gasteiger partial charge in [0.05, 0.1) is 0 Å². The fourth-order valence-electron chi connectivity index (χ4n) is 7.19. The number of aliphatic hydroxyl groups excluding tert-OH is 1. The minimum absolute atomic E-state index is 0.219. The smallest absolute Gasteiger partial charge is 0.156 e. The Hall–Kier alpha value is -1.80. The van der Waals surface area contributed by atoms with Crippen molar-refractivity contribution in [1.82, 2.24) is 0 Å². The maximum atomic E-state index is 12.1. The predicted molar refractivity (Wildman–Crippen MR) is 128 cm³/mol. The van der Waals surface area contributed by atoms with Crippen LogP contribution in [0.15, 0.2) is 52.0 Å². The number of hydrogen-bond donors (Lipinski definition) is 2. The second kappa shape index (κ2) is 8.20. The molecule has 0 aliphatic heterocycles. The number of ketones is 1. The van der Waals surface area contributed by atoms with Gasteiger partial charge in [0.15, 0.2) is 5.78 Å². The third-order valence-electron chi connectivity index (χ3n) is 8.78. The molecular formula is C28H32O3S. The van der Waals surface area contributed by atoms with Crippen molar-refractivity contribution in [1.29, 1.82) is 0 Å². The first kappa shape index (κ1) is 22.0. The molecule has 32 heavy (non-hydrogen) atoms. The van der Waals surface area contributed by atoms with E-state index in [1.807, 2.05) is 6.08 Å². The summed E-state index contributed by atoms with van der Waals surface area (Å²) in [5.74, 6) is 7.14. The fourth-order valence-corrected chi connectivity index (χ4v) is 7.60. The van der Waals surface area contributed by atoms with E-state index in [2.05, 4.69) is 49.3 Å². The van der Waals surface area contributed by atoms with Crippen LogP contribution in [0.25, 0.3) is 0 Å². The highest BCUT2D eigenvalue weighted by atomic mass is 32.2. The Labute approximate surface area is 195 Å². The molecule has 3 nitrogen and oxygen atoms in total. The molecule has 0 aromatic heterocycles. The zero-order valence-electron chi connectivity index (χ0n) is 19.0. The molecule has 4 aliphatic carbocycles. The highest BCUT2D eigenvalue weighted by Gasteiger charge is 2.62. The number of allylic oxidation sites excluding steroid dienone is 4. The molecule has 0 unspecified atom stereocenters. The van der Waals surface area contributed by atoms with Gasteiger partial charge in [0.1, 0.15) is 12.2 Å². The highest BCUT2D eigenvalue weighted by molar-refractivity contribution is 7.98. The van der Waals surface area contributed by atoms with Gasteiger partial charge in [0, 0.05) is 22.6 Å². The lowest BCUT2D eigenvalue weighted by Crippen LogP contribution is -2.51. The highest BCUT2D eigenvalue weighted by Crippen LogP contribution is 2.66. The van der Waals surface area contributed by atoms with E-state index >= 15 is 0 Å². The fraction of sp³-hybridized carbons (Fsp3) is 0.536. The average Bonchev–Trinajstić information content (AvgIpc) is 3.07. The van der Waals surface area contributed by atoms with Crippen LogP contribution in [0.4, 0.5) is 0 Å². The number of rotatable bonds is 2. The van der Waals surface area contributed by atoms with Crippen molar-refractivity contribution in [2.45, 2.75) is 68.3 Å². The van der Waals surface area contributed by atoms with Crippen molar-refractivity contribution < 1.29 is 15.0 Å². The summed E-state index contributed by atoms with van der Waals surface area (Å²) in [4.78, 5) is 13.4. The van der Waals surface area contributed by atoms with E-state index in [4.69, 9.17) is 0 Å². The lowest BCUT2D eigenvalue weighted by atomic mass is 9.51. The van der Waals surface area contributed by atoms with Crippen molar-refractivity contribution in [3.8, 4) is 11.8 Å². The normalized spacial score (nSPS) is 35.9. The van der Waals surface area contributed by atoms with Crippen molar-refractivity contribution in [2.75, 3.05) is 12.9 Å². The molecule has 168 valence electrons. The molecule has 5 atom stereocenters. The average molecular weight is 449 g/mol. The first-order valence-corrected chi connectivity index (χ1v) is 13.1. The molecule has 2 N–H and O–H groups in total. The maximum absolute atomic E-state index is 12.1. The Kier molecular flexibility index (Phi) is 5.64. The molecule has 0 saturated heterocycles. The third-order valence-corrected chi connectivity index (χ3v) is 9.52. The second-order valence-corrected chi connectivity index (χ2v) is 11.0. The summed E-state index contributed by atoms with van der Waals surface area (Å²) in [6.07, 6.45) is 9.95. The Balaban J connectivity index is 1.66. The molecule has 4 heteroatoms. The largest absolute Gasteiger partial charge is 0.384 e. The summed E-state index contributed by atoms with van der Waals surface area (Å²) in [6, 6.07) is 8.91. The Morgan fingerprint density at radius 3 is 2.66 bits per heavy atom. The number of carbonyl (C=O) groups is 1. The zero-order chi connectivity index (χ0) is 22.5. The number of hydrogen-bond acceptors (Lipinski definition) is 4. The number of thioether (sulfide) groups is 1. The van der Waals surface area contributed by atoms with Crippen LogP contribution in [0.2, 0.25) is 0 Å². The van der Waals surface area contributed by atoms with Gasteiger partial charge in [-0.1, -0.05) is 36.5 Å². The van der Waals surface area contributed by atoms with Gasteiger partial charge in [0.25, 0.3) is 0 Å². The maximum Gasteiger partial charge on any atom is 0.156 e. The predicted octanol–water partition coefficient (Wildman–Crippen LogP) is 5.03. The molecule has 2 saturated carbocycles. The molecule has 2 fully saturated rings. The van der Waals surface area contributed by atoms with Crippen LogP contribution in [0, 0.1) is 29.1 Å². The van der Waals surface area contributed by atoms with E-state index in [0.717, 1.165) is 32.1 Å². The molecule has 4 aliphatic rings. The van der Waals surface area contributed by atoms with Crippen molar-refractivity contribution in [3.63, 3.8) is 0 Å². The lowest BCUT2D eigenvalue weighted by molar-refractivity contribution is -0.114. The number of benzene rings is 1. The lowest BCUT2D eigenvalue weighted by Gasteiger charge is -2.53. The quantitative estimate of drug-likeness (QED) is 0.492. The van der Waals surface area contributed by atoms with E-state index in [1.165, 1.54) is 27.2 Å². The van der Waals surface area contributed by atoms with Gasteiger partial charge >= 0.3 is 0 Å². The Morgan fingerprint density at radius 1 is 1.16 bits per heavy atom. The third kappa shape index (κ3) is 3.33. The van der Waals surface area contributed by atoms with E-state index in [0.29, 0.717) is 24.7 Å². The molecule has 5 rings (SSSR count). The first-order valence-electron chi connectivity index (χ1n) is 11.8. The number of aliphatic hydroxyl groups is 2. The van der Waals surface area contributed by atoms with Crippen LogP contribution in [0.5, 0.6) is 0 Å². The molecule has 0 heterocycles. The van der Waals surface area contributed by atoms with Crippen LogP contribution in [-0.2, 0) is 4.79 Å². The minimum atomic E-state index is -1.06. The van der Waals surface area contributed by atoms with Crippen LogP contribution in [0.1, 0.15) is 63.4 Å². The second-order valence-electron chi connectivity index (χ2n) is 10.1. The van der Waals surface area contributed by atoms with Crippen LogP contribution >= 0.6 is 11.8 Å². The summed E-state index contributed by atoms with van der Waals surface area (Å²) in [5, 5.41) is 21.0. The number of fused-ring (bicyclic) bond motifs is 4. The zero-order valence-corrected chi connectivity index (χ0v) is 19.8. The molecule has 0 spiro atoms. The Bertz CT molecular complexity index is 1060. The summed E-state index contributed by atoms with van der Waals surface area (Å²) in [6.45, 7) is 2.01. The van der Waals surface area contributed by atoms with Crippen LogP contribution in [0.3, 0.4) is 0 Å². The van der Waals surface area contributed by atoms with E-state index in [1.54, 1.807) is 11.8 Å². The molecule has 0 bridgehead atoms. The van der Waals surface area contributed by atoms with Gasteiger partial charge in [-0.15, -0.1) is 11.8 Å². The van der Waals surface area contributed by atoms with Gasteiger partial charge in [-0.2, -0.15) is 0 Å². The Morgan fingerprint density at radius 2 is 1.94 bits per heavy atom. The van der Waals surface area contributed by atoms with Gasteiger partial charge in [-0.3, -0.25) is 4.79 Å². The van der Waals surface area contributed by atoms with E-state index in [-0.39, 0.29) is 23.7 Å². The SMILES string of the molecule is CSc1ccc([C@H]2C[C@@]3(C)[C@@H](CC[C@@]3(O)C#CCO)[C@@H]3CCC4=CC(=O)CCC4=C32)cc1. The van der Waals surface area contributed by atoms with Crippen molar-refractivity contribution in [3.05, 3.63) is 52.6 Å². The molecule has 1 aromatic carbocycles. The molecule has 0 radical (unpaired) electrons. The van der Waals surface area contributed by atoms with Crippen LogP contribution < -0.4 is 0 Å². The van der Waals surface area contributed by atoms with Gasteiger partial charge in [-0.05, 0) is 91.5 Å². The van der Waals surface area contributed by atoms with E-state index < -0.39 is 5.60 Å². The number of carbonyl (C=O) groups excluding carboxylic acids is 1. The summed E-state index contributed by atoms with van der Waals surface area (Å²) in [7, 11) is 0. The van der Waals surface area contributed by atoms with Gasteiger partial charge in [-0.25, -0.2) is 0 Å². The summed E-state index contributed by atoms with van der Waals surface area (Å²) < 4.78 is 0. The topological polar surface area (TPSA) is 57.5 Å². The van der Waals surface area contributed by atoms with Crippen molar-refractivity contribution in [2.24, 2.45) is 17.3 Å². The van der Waals surface area contributed by atoms with E-state index in [9.17, 15) is 15.0 Å². The molecule has 1 aromatic rings. The monoisotopic (exact) mass is 448 g/mol. The minimum Gasteiger partial charge on any atom is -0.384 e. The van der Waals surface area contributed by atoms with Crippen LogP contribution in [-0.4, -0.2) is 34.5 Å². The summed E-state index contributed by atoms with van der Waals surface area (Å²) >= 11 is 1.75. The van der Waals surface area contributed by atoms with Gasteiger partial charge < -0.3 is 10.2 Å². The molecular weight excluding hydrogens is 416 g/mol.